The third-order valence-electron chi connectivity index (χ3n) is 1.14. The van der Waals surface area contributed by atoms with Crippen molar-refractivity contribution < 1.29 is 4.79 Å². The SMILES string of the molecule is C#C.C/C=C\C(C)=C/CC(C)=O. The third kappa shape index (κ3) is 11.5. The number of allylic oxidation sites excluding steroid dienone is 4. The van der Waals surface area contributed by atoms with Gasteiger partial charge in [0.15, 0.2) is 0 Å². The van der Waals surface area contributed by atoms with Gasteiger partial charge in [-0.25, -0.2) is 0 Å². The van der Waals surface area contributed by atoms with E-state index in [2.05, 4.69) is 12.8 Å². The van der Waals surface area contributed by atoms with E-state index in [1.54, 1.807) is 6.92 Å². The molecule has 1 nitrogen and oxygen atoms in total. The summed E-state index contributed by atoms with van der Waals surface area (Å²) in [6, 6.07) is 0. The van der Waals surface area contributed by atoms with Gasteiger partial charge in [-0.1, -0.05) is 23.8 Å². The molecule has 0 amide bonds. The van der Waals surface area contributed by atoms with Crippen LogP contribution in [0.2, 0.25) is 0 Å². The van der Waals surface area contributed by atoms with E-state index < -0.39 is 0 Å². The Hall–Kier alpha value is -1.29. The summed E-state index contributed by atoms with van der Waals surface area (Å²) >= 11 is 0. The number of carbonyl (C=O) groups excluding carboxylic acids is 1. The van der Waals surface area contributed by atoms with Crippen molar-refractivity contribution in [3.05, 3.63) is 23.8 Å². The highest BCUT2D eigenvalue weighted by Gasteiger charge is 1.86. The summed E-state index contributed by atoms with van der Waals surface area (Å²) in [5.74, 6) is 0.212. The summed E-state index contributed by atoms with van der Waals surface area (Å²) in [5, 5.41) is 0. The van der Waals surface area contributed by atoms with Crippen molar-refractivity contribution in [1.29, 1.82) is 0 Å². The van der Waals surface area contributed by atoms with E-state index in [1.807, 2.05) is 32.1 Å². The fourth-order valence-corrected chi connectivity index (χ4v) is 0.636. The van der Waals surface area contributed by atoms with Crippen LogP contribution in [-0.2, 0) is 4.79 Å². The average molecular weight is 164 g/mol. The molecule has 0 aromatic carbocycles. The first-order valence-corrected chi connectivity index (χ1v) is 3.79. The van der Waals surface area contributed by atoms with Crippen molar-refractivity contribution in [1.82, 2.24) is 0 Å². The predicted octanol–water partition coefficient (Wildman–Crippen LogP) is 2.74. The molecule has 0 fully saturated rings. The van der Waals surface area contributed by atoms with Crippen molar-refractivity contribution in [3.63, 3.8) is 0 Å². The minimum atomic E-state index is 0.212. The number of hydrogen-bond acceptors (Lipinski definition) is 1. The van der Waals surface area contributed by atoms with Crippen LogP contribution in [0.1, 0.15) is 27.2 Å². The summed E-state index contributed by atoms with van der Waals surface area (Å²) < 4.78 is 0. The van der Waals surface area contributed by atoms with Crippen molar-refractivity contribution in [2.24, 2.45) is 0 Å². The topological polar surface area (TPSA) is 17.1 Å². The number of rotatable bonds is 3. The molecule has 0 heterocycles. The zero-order valence-electron chi connectivity index (χ0n) is 8.00. The molecule has 0 bridgehead atoms. The normalized spacial score (nSPS) is 10.6. The molecule has 0 atom stereocenters. The van der Waals surface area contributed by atoms with Crippen molar-refractivity contribution in [3.8, 4) is 12.8 Å². The van der Waals surface area contributed by atoms with Crippen LogP contribution in [0.25, 0.3) is 0 Å². The zero-order valence-corrected chi connectivity index (χ0v) is 8.00. The quantitative estimate of drug-likeness (QED) is 0.463. The molecule has 0 spiro atoms. The van der Waals surface area contributed by atoms with Gasteiger partial charge in [-0.05, 0) is 20.8 Å². The van der Waals surface area contributed by atoms with Gasteiger partial charge in [0.05, 0.1) is 0 Å². The lowest BCUT2D eigenvalue weighted by Crippen LogP contribution is -1.85. The number of carbonyl (C=O) groups is 1. The number of Topliss-reactive ketones (excluding diaryl/α,β-unsaturated/α-hetero) is 1. The van der Waals surface area contributed by atoms with Gasteiger partial charge in [0.25, 0.3) is 0 Å². The van der Waals surface area contributed by atoms with Gasteiger partial charge in [-0.15, -0.1) is 12.8 Å². The van der Waals surface area contributed by atoms with Crippen molar-refractivity contribution >= 4 is 5.78 Å². The third-order valence-corrected chi connectivity index (χ3v) is 1.14. The fraction of sp³-hybridized carbons (Fsp3) is 0.364. The lowest BCUT2D eigenvalue weighted by atomic mass is 10.2. The van der Waals surface area contributed by atoms with E-state index in [-0.39, 0.29) is 5.78 Å². The molecule has 0 aliphatic rings. The molecule has 66 valence electrons. The van der Waals surface area contributed by atoms with E-state index in [0.717, 1.165) is 5.57 Å². The molecular formula is C11H16O. The number of ketones is 1. The molecule has 0 aromatic rings. The summed E-state index contributed by atoms with van der Waals surface area (Å²) in [6.07, 6.45) is 14.4. The average Bonchev–Trinajstić information content (AvgIpc) is 2.05. The van der Waals surface area contributed by atoms with E-state index in [1.165, 1.54) is 0 Å². The lowest BCUT2D eigenvalue weighted by Gasteiger charge is -1.88. The standard InChI is InChI=1S/C9H14O.C2H2/c1-4-5-8(2)6-7-9(3)10;1-2/h4-6H,7H2,1-3H3;1-2H/b5-4-,8-6-;. The van der Waals surface area contributed by atoms with Crippen LogP contribution in [0, 0.1) is 12.8 Å². The van der Waals surface area contributed by atoms with Crippen LogP contribution >= 0.6 is 0 Å². The van der Waals surface area contributed by atoms with Crippen molar-refractivity contribution in [2.75, 3.05) is 0 Å². The van der Waals surface area contributed by atoms with Crippen LogP contribution in [0.15, 0.2) is 23.8 Å². The molecule has 0 aliphatic heterocycles. The maximum absolute atomic E-state index is 10.5. The van der Waals surface area contributed by atoms with Crippen molar-refractivity contribution in [2.45, 2.75) is 27.2 Å². The Bertz CT molecular complexity index is 194. The Balaban J connectivity index is 0. The zero-order chi connectivity index (χ0) is 9.98. The van der Waals surface area contributed by atoms with Gasteiger partial charge in [0.2, 0.25) is 0 Å². The van der Waals surface area contributed by atoms with Gasteiger partial charge in [0.1, 0.15) is 5.78 Å². The van der Waals surface area contributed by atoms with Crippen LogP contribution in [0.4, 0.5) is 0 Å². The first kappa shape index (κ1) is 13.3. The lowest BCUT2D eigenvalue weighted by molar-refractivity contribution is -0.116. The van der Waals surface area contributed by atoms with Gasteiger partial charge >= 0.3 is 0 Å². The molecule has 0 aliphatic carbocycles. The second kappa shape index (κ2) is 9.71. The maximum Gasteiger partial charge on any atom is 0.133 e. The molecule has 12 heavy (non-hydrogen) atoms. The Morgan fingerprint density at radius 3 is 2.17 bits per heavy atom. The molecule has 1 heteroatoms. The number of terminal acetylenes is 1. The molecule has 0 rings (SSSR count). The summed E-state index contributed by atoms with van der Waals surface area (Å²) in [4.78, 5) is 10.5. The fourth-order valence-electron chi connectivity index (χ4n) is 0.636. The van der Waals surface area contributed by atoms with E-state index in [0.29, 0.717) is 6.42 Å². The second-order valence-corrected chi connectivity index (χ2v) is 2.35. The van der Waals surface area contributed by atoms with Gasteiger partial charge < -0.3 is 0 Å². The minimum Gasteiger partial charge on any atom is -0.300 e. The van der Waals surface area contributed by atoms with Crippen LogP contribution in [0.3, 0.4) is 0 Å². The monoisotopic (exact) mass is 164 g/mol. The first-order chi connectivity index (χ1) is 5.66. The van der Waals surface area contributed by atoms with Crippen LogP contribution < -0.4 is 0 Å². The van der Waals surface area contributed by atoms with Crippen LogP contribution in [-0.4, -0.2) is 5.78 Å². The predicted molar refractivity (Wildman–Crippen MR) is 53.8 cm³/mol. The van der Waals surface area contributed by atoms with Gasteiger partial charge in [0, 0.05) is 6.42 Å². The molecule has 0 unspecified atom stereocenters. The molecule has 0 saturated heterocycles. The molecule has 0 N–H and O–H groups in total. The second-order valence-electron chi connectivity index (χ2n) is 2.35. The Labute approximate surface area is 75.2 Å². The molecule has 0 saturated carbocycles. The Morgan fingerprint density at radius 2 is 1.83 bits per heavy atom. The smallest absolute Gasteiger partial charge is 0.133 e. The number of hydrogen-bond donors (Lipinski definition) is 0. The first-order valence-electron chi connectivity index (χ1n) is 3.79. The van der Waals surface area contributed by atoms with Crippen LogP contribution in [0.5, 0.6) is 0 Å². The summed E-state index contributed by atoms with van der Waals surface area (Å²) in [7, 11) is 0. The Morgan fingerprint density at radius 1 is 1.33 bits per heavy atom. The summed E-state index contributed by atoms with van der Waals surface area (Å²) in [6.45, 7) is 5.55. The van der Waals surface area contributed by atoms with Gasteiger partial charge in [-0.2, -0.15) is 0 Å². The maximum atomic E-state index is 10.5. The summed E-state index contributed by atoms with van der Waals surface area (Å²) in [5.41, 5.74) is 1.15. The largest absolute Gasteiger partial charge is 0.300 e. The van der Waals surface area contributed by atoms with Gasteiger partial charge in [-0.3, -0.25) is 4.79 Å². The molecular weight excluding hydrogens is 148 g/mol. The highest BCUT2D eigenvalue weighted by molar-refractivity contribution is 5.77. The highest BCUT2D eigenvalue weighted by atomic mass is 16.1. The van der Waals surface area contributed by atoms with E-state index in [9.17, 15) is 4.79 Å². The molecule has 0 radical (unpaired) electrons. The van der Waals surface area contributed by atoms with E-state index in [4.69, 9.17) is 0 Å². The Kier molecular flexibility index (Phi) is 10.8. The van der Waals surface area contributed by atoms with E-state index >= 15 is 0 Å². The highest BCUT2D eigenvalue weighted by Crippen LogP contribution is 1.97. The molecule has 0 aromatic heterocycles. The minimum absolute atomic E-state index is 0.212.